The smallest absolute Gasteiger partial charge is 0.117 e. The fourth-order valence-corrected chi connectivity index (χ4v) is 7.11. The van der Waals surface area contributed by atoms with Crippen molar-refractivity contribution < 1.29 is 23.7 Å². The van der Waals surface area contributed by atoms with Crippen LogP contribution in [-0.4, -0.2) is 63.2 Å². The third-order valence-electron chi connectivity index (χ3n) is 8.44. The van der Waals surface area contributed by atoms with Gasteiger partial charge in [0.25, 0.3) is 0 Å². The minimum absolute atomic E-state index is 0.233. The van der Waals surface area contributed by atoms with Crippen LogP contribution in [0.15, 0.2) is 59.6 Å². The molecule has 0 spiro atoms. The lowest BCUT2D eigenvalue weighted by Crippen LogP contribution is -2.58. The Bertz CT molecular complexity index is 1010. The van der Waals surface area contributed by atoms with Crippen molar-refractivity contribution in [3.8, 4) is 0 Å². The van der Waals surface area contributed by atoms with Gasteiger partial charge in [-0.2, -0.15) is 0 Å². The quantitative estimate of drug-likeness (QED) is 0.119. The molecule has 3 unspecified atom stereocenters. The van der Waals surface area contributed by atoms with Gasteiger partial charge in [0.1, 0.15) is 30.5 Å². The van der Waals surface area contributed by atoms with E-state index in [-0.39, 0.29) is 30.5 Å². The predicted molar refractivity (Wildman–Crippen MR) is 185 cm³/mol. The summed E-state index contributed by atoms with van der Waals surface area (Å²) >= 11 is 1.91. The number of benzene rings is 1. The van der Waals surface area contributed by atoms with E-state index < -0.39 is 0 Å². The lowest BCUT2D eigenvalue weighted by Gasteiger charge is -2.46. The minimum atomic E-state index is -0.267. The maximum Gasteiger partial charge on any atom is 0.117 e. The molecule has 6 atom stereocenters. The maximum atomic E-state index is 7.00. The van der Waals surface area contributed by atoms with E-state index in [0.717, 1.165) is 75.7 Å². The summed E-state index contributed by atoms with van der Waals surface area (Å²) in [5.74, 6) is 1.54. The van der Waals surface area contributed by atoms with Crippen LogP contribution in [0, 0.1) is 5.92 Å². The summed E-state index contributed by atoms with van der Waals surface area (Å²) in [6.45, 7) is 18.2. The van der Waals surface area contributed by atoms with Crippen LogP contribution in [-0.2, 0) is 30.1 Å². The van der Waals surface area contributed by atoms with E-state index in [4.69, 9.17) is 23.7 Å². The number of hydrogen-bond acceptors (Lipinski definition) is 6. The SMILES string of the molecule is C=CC1=C(/C=C\C)C(Cc2cccc([C@@H]3OC(COCCCC)[C@@H](OCCCC)C(OCCCC)[C@H]3OCCCC)c2)CS1. The normalized spacial score (nSPS) is 25.8. The van der Waals surface area contributed by atoms with Crippen molar-refractivity contribution in [2.24, 2.45) is 5.92 Å². The van der Waals surface area contributed by atoms with E-state index in [0.29, 0.717) is 32.3 Å². The molecule has 1 fully saturated rings. The van der Waals surface area contributed by atoms with Gasteiger partial charge >= 0.3 is 0 Å². The Labute approximate surface area is 273 Å². The third-order valence-corrected chi connectivity index (χ3v) is 9.72. The van der Waals surface area contributed by atoms with Gasteiger partial charge in [-0.25, -0.2) is 0 Å². The summed E-state index contributed by atoms with van der Waals surface area (Å²) in [5, 5.41) is 0. The fraction of sp³-hybridized carbons (Fsp3) is 0.684. The summed E-state index contributed by atoms with van der Waals surface area (Å²) in [4.78, 5) is 1.30. The number of thioether (sulfide) groups is 1. The molecule has 6 heteroatoms. The third kappa shape index (κ3) is 11.1. The second-order valence-electron chi connectivity index (χ2n) is 12.1. The molecule has 3 rings (SSSR count). The zero-order chi connectivity index (χ0) is 31.6. The highest BCUT2D eigenvalue weighted by atomic mass is 32.2. The molecule has 5 nitrogen and oxygen atoms in total. The van der Waals surface area contributed by atoms with Crippen LogP contribution in [0.2, 0.25) is 0 Å². The molecule has 0 amide bonds. The molecule has 0 saturated carbocycles. The first-order valence-corrected chi connectivity index (χ1v) is 18.4. The zero-order valence-electron chi connectivity index (χ0n) is 28.3. The number of allylic oxidation sites excluding steroid dienone is 4. The molecule has 0 aromatic heterocycles. The molecule has 1 aromatic carbocycles. The molecule has 248 valence electrons. The monoisotopic (exact) mass is 628 g/mol. The fourth-order valence-electron chi connectivity index (χ4n) is 5.92. The summed E-state index contributed by atoms with van der Waals surface area (Å²) in [5.41, 5.74) is 3.86. The Hall–Kier alpha value is -1.41. The topological polar surface area (TPSA) is 46.2 Å². The van der Waals surface area contributed by atoms with Crippen molar-refractivity contribution in [3.05, 3.63) is 70.7 Å². The largest absolute Gasteiger partial charge is 0.379 e. The zero-order valence-corrected chi connectivity index (χ0v) is 29.1. The van der Waals surface area contributed by atoms with Gasteiger partial charge in [0, 0.05) is 37.1 Å². The van der Waals surface area contributed by atoms with Crippen molar-refractivity contribution in [2.75, 3.05) is 38.8 Å². The van der Waals surface area contributed by atoms with E-state index in [9.17, 15) is 0 Å². The molecule has 0 N–H and O–H groups in total. The first-order chi connectivity index (χ1) is 21.6. The van der Waals surface area contributed by atoms with Gasteiger partial charge in [-0.3, -0.25) is 0 Å². The van der Waals surface area contributed by atoms with Gasteiger partial charge in [0.2, 0.25) is 0 Å². The molecule has 1 aromatic rings. The highest BCUT2D eigenvalue weighted by Gasteiger charge is 2.48. The van der Waals surface area contributed by atoms with Crippen LogP contribution in [0.3, 0.4) is 0 Å². The van der Waals surface area contributed by atoms with Gasteiger partial charge < -0.3 is 23.7 Å². The molecule has 0 bridgehead atoms. The lowest BCUT2D eigenvalue weighted by molar-refractivity contribution is -0.268. The second-order valence-corrected chi connectivity index (χ2v) is 13.1. The van der Waals surface area contributed by atoms with Crippen molar-refractivity contribution in [1.82, 2.24) is 0 Å². The van der Waals surface area contributed by atoms with E-state index >= 15 is 0 Å². The average molecular weight is 629 g/mol. The molecular formula is C38H60O5S. The Kier molecular flexibility index (Phi) is 18.0. The molecule has 2 aliphatic rings. The summed E-state index contributed by atoms with van der Waals surface area (Å²) < 4.78 is 33.2. The minimum Gasteiger partial charge on any atom is -0.379 e. The van der Waals surface area contributed by atoms with Crippen LogP contribution in [0.4, 0.5) is 0 Å². The summed E-state index contributed by atoms with van der Waals surface area (Å²) in [7, 11) is 0. The Morgan fingerprint density at radius 2 is 1.50 bits per heavy atom. The maximum absolute atomic E-state index is 7.00. The standard InChI is InChI=1S/C38H60O5S/c1-7-13-21-39-27-33-36(40-22-14-8-2)38(42-24-16-10-4)37(41-23-15-9-3)35(43-33)30-20-17-19-29(25-30)26-31-28-44-34(12-6)32(31)18-11-5/h11-12,17-20,25,31,33,35-38H,6-10,13-16,21-24,26-28H2,1-5H3/b18-11-/t31?,33?,35-,36+,37-,38?/m0/s1. The van der Waals surface area contributed by atoms with E-state index in [1.165, 1.54) is 16.0 Å². The van der Waals surface area contributed by atoms with Gasteiger partial charge in [-0.1, -0.05) is 102 Å². The molecule has 2 aliphatic heterocycles. The number of unbranched alkanes of at least 4 members (excludes halogenated alkanes) is 4. The van der Waals surface area contributed by atoms with Gasteiger partial charge in [-0.05, 0) is 61.6 Å². The highest BCUT2D eigenvalue weighted by Crippen LogP contribution is 2.41. The van der Waals surface area contributed by atoms with Gasteiger partial charge in [-0.15, -0.1) is 11.8 Å². The van der Waals surface area contributed by atoms with E-state index in [2.05, 4.69) is 77.6 Å². The van der Waals surface area contributed by atoms with Gasteiger partial charge in [0.05, 0.1) is 6.61 Å². The van der Waals surface area contributed by atoms with Crippen LogP contribution in [0.25, 0.3) is 0 Å². The Morgan fingerprint density at radius 1 is 0.864 bits per heavy atom. The first-order valence-electron chi connectivity index (χ1n) is 17.4. The molecular weight excluding hydrogens is 568 g/mol. The van der Waals surface area contributed by atoms with Crippen molar-refractivity contribution in [2.45, 2.75) is 123 Å². The lowest BCUT2D eigenvalue weighted by atomic mass is 9.88. The molecule has 0 aliphatic carbocycles. The Balaban J connectivity index is 1.95. The number of hydrogen-bond donors (Lipinski definition) is 0. The number of rotatable bonds is 22. The first kappa shape index (κ1) is 37.1. The number of ether oxygens (including phenoxy) is 5. The van der Waals surface area contributed by atoms with Crippen molar-refractivity contribution >= 4 is 11.8 Å². The molecule has 2 heterocycles. The summed E-state index contributed by atoms with van der Waals surface area (Å²) in [6.07, 6.45) is 14.5. The van der Waals surface area contributed by atoms with Crippen LogP contribution >= 0.6 is 11.8 Å². The van der Waals surface area contributed by atoms with Crippen LogP contribution < -0.4 is 0 Å². The molecule has 1 saturated heterocycles. The molecule has 44 heavy (non-hydrogen) atoms. The van der Waals surface area contributed by atoms with Gasteiger partial charge in [0.15, 0.2) is 0 Å². The van der Waals surface area contributed by atoms with E-state index in [1.807, 2.05) is 17.8 Å². The molecule has 0 radical (unpaired) electrons. The average Bonchev–Trinajstić information content (AvgIpc) is 3.42. The summed E-state index contributed by atoms with van der Waals surface area (Å²) in [6, 6.07) is 8.96. The van der Waals surface area contributed by atoms with Crippen LogP contribution in [0.1, 0.15) is 103 Å². The van der Waals surface area contributed by atoms with Crippen LogP contribution in [0.5, 0.6) is 0 Å². The Morgan fingerprint density at radius 3 is 2.14 bits per heavy atom. The predicted octanol–water partition coefficient (Wildman–Crippen LogP) is 9.42. The second kappa shape index (κ2) is 21.4. The highest BCUT2D eigenvalue weighted by molar-refractivity contribution is 8.03. The van der Waals surface area contributed by atoms with Crippen molar-refractivity contribution in [3.63, 3.8) is 0 Å². The van der Waals surface area contributed by atoms with Crippen molar-refractivity contribution in [1.29, 1.82) is 0 Å². The van der Waals surface area contributed by atoms with E-state index in [1.54, 1.807) is 0 Å².